The molecular weight excluding hydrogens is 150 g/mol. The zero-order valence-electron chi connectivity index (χ0n) is 8.21. The number of hydrogen-bond donors (Lipinski definition) is 2. The predicted octanol–water partition coefficient (Wildman–Crippen LogP) is 1.39. The standard InChI is InChI=1S/C10H21NO/c1-8(7-12)6-11-9(2)10-4-3-5-10/h8-12H,3-7H2,1-2H3. The maximum absolute atomic E-state index is 8.82. The van der Waals surface area contributed by atoms with Crippen LogP contribution in [0.3, 0.4) is 0 Å². The highest BCUT2D eigenvalue weighted by atomic mass is 16.3. The molecule has 2 nitrogen and oxygen atoms in total. The lowest BCUT2D eigenvalue weighted by Crippen LogP contribution is -2.39. The van der Waals surface area contributed by atoms with Crippen molar-refractivity contribution in [1.29, 1.82) is 0 Å². The molecule has 0 bridgehead atoms. The van der Waals surface area contributed by atoms with Crippen LogP contribution >= 0.6 is 0 Å². The van der Waals surface area contributed by atoms with Crippen LogP contribution in [0.1, 0.15) is 33.1 Å². The number of rotatable bonds is 5. The summed E-state index contributed by atoms with van der Waals surface area (Å²) >= 11 is 0. The molecule has 0 radical (unpaired) electrons. The molecule has 2 atom stereocenters. The van der Waals surface area contributed by atoms with Crippen molar-refractivity contribution >= 4 is 0 Å². The molecular formula is C10H21NO. The molecule has 0 heterocycles. The van der Waals surface area contributed by atoms with Crippen LogP contribution in [0.5, 0.6) is 0 Å². The minimum atomic E-state index is 0.296. The first-order valence-corrected chi connectivity index (χ1v) is 5.08. The van der Waals surface area contributed by atoms with Crippen molar-refractivity contribution in [2.75, 3.05) is 13.2 Å². The molecule has 0 aromatic heterocycles. The van der Waals surface area contributed by atoms with Crippen LogP contribution in [0.4, 0.5) is 0 Å². The molecule has 72 valence electrons. The zero-order valence-corrected chi connectivity index (χ0v) is 8.21. The second kappa shape index (κ2) is 4.83. The van der Waals surface area contributed by atoms with Crippen molar-refractivity contribution in [2.45, 2.75) is 39.2 Å². The van der Waals surface area contributed by atoms with E-state index in [4.69, 9.17) is 5.11 Å². The average molecular weight is 171 g/mol. The molecule has 2 N–H and O–H groups in total. The van der Waals surface area contributed by atoms with Gasteiger partial charge in [-0.2, -0.15) is 0 Å². The zero-order chi connectivity index (χ0) is 8.97. The van der Waals surface area contributed by atoms with Crippen molar-refractivity contribution in [3.8, 4) is 0 Å². The Morgan fingerprint density at radius 2 is 2.08 bits per heavy atom. The molecule has 0 aromatic rings. The number of hydrogen-bond acceptors (Lipinski definition) is 2. The second-order valence-corrected chi connectivity index (χ2v) is 4.18. The Bertz CT molecular complexity index is 123. The smallest absolute Gasteiger partial charge is 0.0468 e. The molecule has 1 rings (SSSR count). The summed E-state index contributed by atoms with van der Waals surface area (Å²) in [5.41, 5.74) is 0. The van der Waals surface area contributed by atoms with Gasteiger partial charge in [0.15, 0.2) is 0 Å². The molecule has 1 fully saturated rings. The van der Waals surface area contributed by atoms with Gasteiger partial charge in [0.2, 0.25) is 0 Å². The maximum atomic E-state index is 8.82. The van der Waals surface area contributed by atoms with Crippen LogP contribution in [0, 0.1) is 11.8 Å². The molecule has 0 amide bonds. The fraction of sp³-hybridized carbons (Fsp3) is 1.00. The largest absolute Gasteiger partial charge is 0.396 e. The Morgan fingerprint density at radius 1 is 1.42 bits per heavy atom. The van der Waals surface area contributed by atoms with E-state index < -0.39 is 0 Å². The fourth-order valence-corrected chi connectivity index (χ4v) is 1.56. The fourth-order valence-electron chi connectivity index (χ4n) is 1.56. The predicted molar refractivity (Wildman–Crippen MR) is 51.1 cm³/mol. The van der Waals surface area contributed by atoms with Gasteiger partial charge in [-0.05, 0) is 31.6 Å². The molecule has 0 aromatic carbocycles. The normalized spacial score (nSPS) is 23.2. The monoisotopic (exact) mass is 171 g/mol. The van der Waals surface area contributed by atoms with Crippen LogP contribution in [-0.2, 0) is 0 Å². The Morgan fingerprint density at radius 3 is 2.50 bits per heavy atom. The van der Waals surface area contributed by atoms with Crippen molar-refractivity contribution in [3.05, 3.63) is 0 Å². The highest BCUT2D eigenvalue weighted by Gasteiger charge is 2.23. The number of aliphatic hydroxyl groups excluding tert-OH is 1. The number of nitrogens with one attached hydrogen (secondary N) is 1. The summed E-state index contributed by atoms with van der Waals surface area (Å²) in [5.74, 6) is 1.29. The van der Waals surface area contributed by atoms with E-state index in [9.17, 15) is 0 Å². The Hall–Kier alpha value is -0.0800. The Balaban J connectivity index is 2.05. The summed E-state index contributed by atoms with van der Waals surface area (Å²) in [6.07, 6.45) is 4.19. The van der Waals surface area contributed by atoms with Crippen LogP contribution in [0.25, 0.3) is 0 Å². The van der Waals surface area contributed by atoms with Crippen molar-refractivity contribution < 1.29 is 5.11 Å². The van der Waals surface area contributed by atoms with E-state index in [1.165, 1.54) is 19.3 Å². The van der Waals surface area contributed by atoms with Gasteiger partial charge in [0.1, 0.15) is 0 Å². The molecule has 0 spiro atoms. The van der Waals surface area contributed by atoms with Gasteiger partial charge in [0, 0.05) is 19.2 Å². The second-order valence-electron chi connectivity index (χ2n) is 4.18. The van der Waals surface area contributed by atoms with Gasteiger partial charge in [-0.1, -0.05) is 13.3 Å². The molecule has 2 heteroatoms. The molecule has 1 aliphatic rings. The van der Waals surface area contributed by atoms with E-state index in [-0.39, 0.29) is 0 Å². The summed E-state index contributed by atoms with van der Waals surface area (Å²) in [6, 6.07) is 0.646. The Labute approximate surface area is 75.4 Å². The van der Waals surface area contributed by atoms with E-state index >= 15 is 0 Å². The van der Waals surface area contributed by atoms with Gasteiger partial charge in [0.05, 0.1) is 0 Å². The van der Waals surface area contributed by atoms with Crippen molar-refractivity contribution in [2.24, 2.45) is 11.8 Å². The highest BCUT2D eigenvalue weighted by Crippen LogP contribution is 2.29. The lowest BCUT2D eigenvalue weighted by Gasteiger charge is -2.32. The van der Waals surface area contributed by atoms with Gasteiger partial charge < -0.3 is 10.4 Å². The van der Waals surface area contributed by atoms with Gasteiger partial charge in [0.25, 0.3) is 0 Å². The summed E-state index contributed by atoms with van der Waals surface area (Å²) in [6.45, 7) is 5.58. The summed E-state index contributed by atoms with van der Waals surface area (Å²) < 4.78 is 0. The highest BCUT2D eigenvalue weighted by molar-refractivity contribution is 4.79. The molecule has 0 saturated heterocycles. The topological polar surface area (TPSA) is 32.3 Å². The third-order valence-corrected chi connectivity index (χ3v) is 2.96. The number of aliphatic hydroxyl groups is 1. The van der Waals surface area contributed by atoms with E-state index in [1.807, 2.05) is 0 Å². The van der Waals surface area contributed by atoms with Crippen LogP contribution < -0.4 is 5.32 Å². The summed E-state index contributed by atoms with van der Waals surface area (Å²) in [5, 5.41) is 12.3. The van der Waals surface area contributed by atoms with Crippen molar-refractivity contribution in [3.63, 3.8) is 0 Å². The third kappa shape index (κ3) is 2.76. The molecule has 1 aliphatic carbocycles. The van der Waals surface area contributed by atoms with E-state index in [2.05, 4.69) is 19.2 Å². The van der Waals surface area contributed by atoms with Crippen LogP contribution in [-0.4, -0.2) is 24.3 Å². The molecule has 0 aliphatic heterocycles. The minimum Gasteiger partial charge on any atom is -0.396 e. The first-order valence-electron chi connectivity index (χ1n) is 5.08. The lowest BCUT2D eigenvalue weighted by molar-refractivity contribution is 0.204. The van der Waals surface area contributed by atoms with Gasteiger partial charge in [-0.15, -0.1) is 0 Å². The molecule has 2 unspecified atom stereocenters. The van der Waals surface area contributed by atoms with E-state index in [1.54, 1.807) is 0 Å². The van der Waals surface area contributed by atoms with Crippen molar-refractivity contribution in [1.82, 2.24) is 5.32 Å². The van der Waals surface area contributed by atoms with Gasteiger partial charge >= 0.3 is 0 Å². The first kappa shape index (κ1) is 10.0. The minimum absolute atomic E-state index is 0.296. The van der Waals surface area contributed by atoms with E-state index in [0.717, 1.165) is 12.5 Å². The lowest BCUT2D eigenvalue weighted by atomic mass is 9.80. The van der Waals surface area contributed by atoms with Gasteiger partial charge in [-0.3, -0.25) is 0 Å². The SMILES string of the molecule is CC(CO)CNC(C)C1CCC1. The first-order chi connectivity index (χ1) is 5.74. The third-order valence-electron chi connectivity index (χ3n) is 2.96. The Kier molecular flexibility index (Phi) is 4.02. The average Bonchev–Trinajstić information content (AvgIpc) is 1.97. The molecule has 12 heavy (non-hydrogen) atoms. The van der Waals surface area contributed by atoms with Crippen LogP contribution in [0.15, 0.2) is 0 Å². The van der Waals surface area contributed by atoms with Crippen LogP contribution in [0.2, 0.25) is 0 Å². The molecule has 1 saturated carbocycles. The quantitative estimate of drug-likeness (QED) is 0.655. The summed E-state index contributed by atoms with van der Waals surface area (Å²) in [4.78, 5) is 0. The van der Waals surface area contributed by atoms with E-state index in [0.29, 0.717) is 18.6 Å². The summed E-state index contributed by atoms with van der Waals surface area (Å²) in [7, 11) is 0. The maximum Gasteiger partial charge on any atom is 0.0468 e. The van der Waals surface area contributed by atoms with Gasteiger partial charge in [-0.25, -0.2) is 0 Å².